The fraction of sp³-hybridized carbons (Fsp3) is 0.333. The highest BCUT2D eigenvalue weighted by atomic mass is 127. The first kappa shape index (κ1) is 9.57. The highest BCUT2D eigenvalue weighted by Crippen LogP contribution is 2.36. The largest absolute Gasteiger partial charge is 0.223 e. The summed E-state index contributed by atoms with van der Waals surface area (Å²) in [7, 11) is 2.07. The Morgan fingerprint density at radius 1 is 1.89 bits per heavy atom. The van der Waals surface area contributed by atoms with Crippen LogP contribution in [0.25, 0.3) is 0 Å². The van der Waals surface area contributed by atoms with E-state index in [9.17, 15) is 4.39 Å². The predicted octanol–water partition coefficient (Wildman–Crippen LogP) is 3.05. The lowest BCUT2D eigenvalue weighted by Crippen LogP contribution is -2.02. The molecule has 0 aromatic heterocycles. The maximum absolute atomic E-state index is 12.8. The standard InChI is InChI=1S/C6H9FIP/c1-3-4-5(2)6(7,8)9/h3-4H,2,9H2,1H3/b4-3-. The number of alkyl halides is 2. The quantitative estimate of drug-likeness (QED) is 0.309. The van der Waals surface area contributed by atoms with Crippen LogP contribution in [0.3, 0.4) is 0 Å². The molecule has 0 aromatic carbocycles. The molecule has 9 heavy (non-hydrogen) atoms. The number of hydrogen-bond acceptors (Lipinski definition) is 0. The van der Waals surface area contributed by atoms with Crippen LogP contribution in [0.15, 0.2) is 24.3 Å². The molecule has 0 aliphatic heterocycles. The van der Waals surface area contributed by atoms with Crippen molar-refractivity contribution in [1.82, 2.24) is 0 Å². The molecule has 0 amide bonds. The second-order valence-corrected chi connectivity index (χ2v) is 5.19. The third-order valence-electron chi connectivity index (χ3n) is 0.796. The Bertz CT molecular complexity index is 134. The molecule has 2 atom stereocenters. The molecule has 0 saturated carbocycles. The zero-order valence-corrected chi connectivity index (χ0v) is 8.51. The van der Waals surface area contributed by atoms with E-state index in [-0.39, 0.29) is 0 Å². The summed E-state index contributed by atoms with van der Waals surface area (Å²) in [5, 5.41) is 0. The van der Waals surface area contributed by atoms with Gasteiger partial charge in [-0.05, 0) is 35.1 Å². The molecule has 0 aliphatic rings. The maximum atomic E-state index is 12.8. The Labute approximate surface area is 70.9 Å². The van der Waals surface area contributed by atoms with Crippen LogP contribution in [0.5, 0.6) is 0 Å². The van der Waals surface area contributed by atoms with Gasteiger partial charge in [-0.15, -0.1) is 0 Å². The number of halogens is 2. The van der Waals surface area contributed by atoms with Gasteiger partial charge in [0.25, 0.3) is 0 Å². The smallest absolute Gasteiger partial charge is 0.197 e. The Balaban J connectivity index is 4.06. The third-order valence-corrected chi connectivity index (χ3v) is 1.86. The molecule has 0 radical (unpaired) electrons. The van der Waals surface area contributed by atoms with Crippen molar-refractivity contribution >= 4 is 31.8 Å². The lowest BCUT2D eigenvalue weighted by Gasteiger charge is -2.10. The minimum Gasteiger partial charge on any atom is -0.223 e. The van der Waals surface area contributed by atoms with Crippen LogP contribution in [0.1, 0.15) is 6.92 Å². The second kappa shape index (κ2) is 3.67. The number of allylic oxidation sites excluding steroid dienone is 3. The maximum Gasteiger partial charge on any atom is 0.197 e. The van der Waals surface area contributed by atoms with Gasteiger partial charge in [0.15, 0.2) is 3.42 Å². The molecule has 0 aromatic rings. The average Bonchev–Trinajstić information content (AvgIpc) is 1.64. The van der Waals surface area contributed by atoms with Crippen molar-refractivity contribution in [3.05, 3.63) is 24.3 Å². The molecular weight excluding hydrogens is 249 g/mol. The van der Waals surface area contributed by atoms with Crippen molar-refractivity contribution in [3.63, 3.8) is 0 Å². The molecule has 0 rings (SSSR count). The molecule has 0 spiro atoms. The first-order valence-corrected chi connectivity index (χ1v) is 4.13. The summed E-state index contributed by atoms with van der Waals surface area (Å²) in [5.41, 5.74) is 0.468. The first-order chi connectivity index (χ1) is 3.98. The van der Waals surface area contributed by atoms with Crippen molar-refractivity contribution in [2.24, 2.45) is 0 Å². The van der Waals surface area contributed by atoms with Gasteiger partial charge in [0, 0.05) is 0 Å². The van der Waals surface area contributed by atoms with E-state index >= 15 is 0 Å². The Kier molecular flexibility index (Phi) is 3.90. The van der Waals surface area contributed by atoms with Crippen molar-refractivity contribution in [1.29, 1.82) is 0 Å². The molecule has 0 aliphatic carbocycles. The van der Waals surface area contributed by atoms with Crippen molar-refractivity contribution in [2.45, 2.75) is 10.3 Å². The van der Waals surface area contributed by atoms with Crippen LogP contribution in [0.4, 0.5) is 4.39 Å². The van der Waals surface area contributed by atoms with Crippen molar-refractivity contribution < 1.29 is 4.39 Å². The van der Waals surface area contributed by atoms with Gasteiger partial charge in [0.1, 0.15) is 0 Å². The van der Waals surface area contributed by atoms with Crippen LogP contribution in [0.2, 0.25) is 0 Å². The lowest BCUT2D eigenvalue weighted by atomic mass is 10.3. The fourth-order valence-corrected chi connectivity index (χ4v) is 0.588. The molecule has 0 heterocycles. The van der Waals surface area contributed by atoms with Gasteiger partial charge in [0.05, 0.1) is 0 Å². The van der Waals surface area contributed by atoms with Crippen LogP contribution in [0, 0.1) is 0 Å². The molecule has 0 nitrogen and oxygen atoms in total. The second-order valence-electron chi connectivity index (χ2n) is 1.65. The van der Waals surface area contributed by atoms with Crippen LogP contribution in [-0.2, 0) is 0 Å². The van der Waals surface area contributed by atoms with E-state index in [0.29, 0.717) is 5.57 Å². The van der Waals surface area contributed by atoms with Gasteiger partial charge in [-0.1, -0.05) is 28.0 Å². The van der Waals surface area contributed by atoms with Gasteiger partial charge >= 0.3 is 0 Å². The van der Waals surface area contributed by atoms with E-state index in [1.54, 1.807) is 34.7 Å². The minimum absolute atomic E-state index is 0.468. The first-order valence-electron chi connectivity index (χ1n) is 2.47. The van der Waals surface area contributed by atoms with Crippen molar-refractivity contribution in [2.75, 3.05) is 0 Å². The number of hydrogen-bond donors (Lipinski definition) is 0. The zero-order chi connectivity index (χ0) is 7.49. The fourth-order valence-electron chi connectivity index (χ4n) is 0.312. The monoisotopic (exact) mass is 258 g/mol. The van der Waals surface area contributed by atoms with Crippen molar-refractivity contribution in [3.8, 4) is 0 Å². The van der Waals surface area contributed by atoms with Crippen LogP contribution < -0.4 is 0 Å². The summed E-state index contributed by atoms with van der Waals surface area (Å²) >= 11 is 1.67. The van der Waals surface area contributed by atoms with Gasteiger partial charge in [-0.25, -0.2) is 4.39 Å². The highest BCUT2D eigenvalue weighted by molar-refractivity contribution is 14.1. The van der Waals surface area contributed by atoms with Crippen LogP contribution >= 0.6 is 31.8 Å². The molecule has 0 fully saturated rings. The summed E-state index contributed by atoms with van der Waals surface area (Å²) in [6.45, 7) is 5.36. The highest BCUT2D eigenvalue weighted by Gasteiger charge is 2.19. The molecule has 0 saturated heterocycles. The van der Waals surface area contributed by atoms with E-state index in [0.717, 1.165) is 0 Å². The topological polar surface area (TPSA) is 0 Å². The third kappa shape index (κ3) is 4.04. The molecule has 2 unspecified atom stereocenters. The molecule has 3 heteroatoms. The number of rotatable bonds is 2. The SMILES string of the molecule is C=C(/C=C\C)C(F)(P)I. The van der Waals surface area contributed by atoms with E-state index in [2.05, 4.69) is 15.8 Å². The summed E-state index contributed by atoms with van der Waals surface area (Å²) in [4.78, 5) is 0. The van der Waals surface area contributed by atoms with Gasteiger partial charge in [-0.3, -0.25) is 0 Å². The summed E-state index contributed by atoms with van der Waals surface area (Å²) in [5.74, 6) is 0. The van der Waals surface area contributed by atoms with E-state index in [4.69, 9.17) is 0 Å². The average molecular weight is 258 g/mol. The Hall–Kier alpha value is 0.570. The van der Waals surface area contributed by atoms with Gasteiger partial charge in [-0.2, -0.15) is 0 Å². The normalized spacial score (nSPS) is 17.8. The van der Waals surface area contributed by atoms with E-state index in [1.165, 1.54) is 0 Å². The Morgan fingerprint density at radius 3 is 2.44 bits per heavy atom. The van der Waals surface area contributed by atoms with Gasteiger partial charge in [0.2, 0.25) is 0 Å². The summed E-state index contributed by atoms with van der Waals surface area (Å²) in [6, 6.07) is 0. The molecule has 0 bridgehead atoms. The Morgan fingerprint density at radius 2 is 2.33 bits per heavy atom. The zero-order valence-electron chi connectivity index (χ0n) is 5.20. The predicted molar refractivity (Wildman–Crippen MR) is 51.5 cm³/mol. The lowest BCUT2D eigenvalue weighted by molar-refractivity contribution is 0.489. The van der Waals surface area contributed by atoms with E-state index < -0.39 is 3.42 Å². The molecule has 52 valence electrons. The summed E-state index contributed by atoms with van der Waals surface area (Å²) in [6.07, 6.45) is 3.42. The van der Waals surface area contributed by atoms with Crippen LogP contribution in [-0.4, -0.2) is 3.42 Å². The molecular formula is C6H9FIP. The van der Waals surface area contributed by atoms with Gasteiger partial charge < -0.3 is 0 Å². The minimum atomic E-state index is -1.38. The van der Waals surface area contributed by atoms with E-state index in [1.807, 2.05) is 6.92 Å². The summed E-state index contributed by atoms with van der Waals surface area (Å²) < 4.78 is 11.4. The molecule has 0 N–H and O–H groups in total.